The summed E-state index contributed by atoms with van der Waals surface area (Å²) in [5, 5.41) is 23.8. The first-order valence-electron chi connectivity index (χ1n) is 5.97. The maximum Gasteiger partial charge on any atom is 0.289 e. The lowest BCUT2D eigenvalue weighted by Crippen LogP contribution is -2.07. The van der Waals surface area contributed by atoms with Gasteiger partial charge in [-0.3, -0.25) is 10.1 Å². The Labute approximate surface area is 121 Å². The Balaban J connectivity index is 2.24. The normalized spacial score (nSPS) is 11.9. The minimum absolute atomic E-state index is 0.0933. The summed E-state index contributed by atoms with van der Waals surface area (Å²) in [6, 6.07) is 11.2. The minimum Gasteiger partial charge on any atom is -0.508 e. The maximum absolute atomic E-state index is 10.8. The zero-order valence-corrected chi connectivity index (χ0v) is 11.5. The van der Waals surface area contributed by atoms with E-state index in [2.05, 4.69) is 5.32 Å². The molecule has 2 aromatic carbocycles. The Bertz CT molecular complexity index is 646. The molecule has 2 aromatic rings. The van der Waals surface area contributed by atoms with Gasteiger partial charge >= 0.3 is 0 Å². The average molecular weight is 293 g/mol. The molecule has 1 atom stereocenters. The summed E-state index contributed by atoms with van der Waals surface area (Å²) >= 11 is 5.76. The number of nitro groups is 1. The number of phenols is 1. The van der Waals surface area contributed by atoms with Gasteiger partial charge in [0, 0.05) is 17.3 Å². The molecule has 5 nitrogen and oxygen atoms in total. The quantitative estimate of drug-likeness (QED) is 0.656. The zero-order chi connectivity index (χ0) is 14.7. The molecule has 0 aliphatic heterocycles. The second-order valence-corrected chi connectivity index (χ2v) is 4.76. The molecule has 0 radical (unpaired) electrons. The fourth-order valence-corrected chi connectivity index (χ4v) is 2.11. The van der Waals surface area contributed by atoms with E-state index in [0.717, 1.165) is 0 Å². The van der Waals surface area contributed by atoms with Crippen molar-refractivity contribution < 1.29 is 10.0 Å². The lowest BCUT2D eigenvalue weighted by molar-refractivity contribution is -0.384. The molecule has 0 fully saturated rings. The number of anilines is 1. The Morgan fingerprint density at radius 2 is 2.00 bits per heavy atom. The third-order valence-corrected chi connectivity index (χ3v) is 3.25. The second-order valence-electron chi connectivity index (χ2n) is 4.35. The molecular weight excluding hydrogens is 280 g/mol. The van der Waals surface area contributed by atoms with Gasteiger partial charge in [-0.05, 0) is 25.1 Å². The van der Waals surface area contributed by atoms with Crippen molar-refractivity contribution in [3.8, 4) is 5.75 Å². The second kappa shape index (κ2) is 5.79. The smallest absolute Gasteiger partial charge is 0.289 e. The van der Waals surface area contributed by atoms with E-state index in [1.54, 1.807) is 24.3 Å². The number of nitro benzene ring substituents is 1. The van der Waals surface area contributed by atoms with Crippen LogP contribution in [0.25, 0.3) is 0 Å². The fraction of sp³-hybridized carbons (Fsp3) is 0.143. The molecule has 0 aliphatic carbocycles. The van der Waals surface area contributed by atoms with Gasteiger partial charge in [0.2, 0.25) is 0 Å². The van der Waals surface area contributed by atoms with Crippen LogP contribution in [0.15, 0.2) is 42.5 Å². The highest BCUT2D eigenvalue weighted by Crippen LogP contribution is 2.31. The van der Waals surface area contributed by atoms with Gasteiger partial charge in [-0.15, -0.1) is 0 Å². The summed E-state index contributed by atoms with van der Waals surface area (Å²) in [4.78, 5) is 10.3. The lowest BCUT2D eigenvalue weighted by atomic mass is 10.1. The van der Waals surface area contributed by atoms with Gasteiger partial charge < -0.3 is 10.4 Å². The van der Waals surface area contributed by atoms with Crippen molar-refractivity contribution in [3.63, 3.8) is 0 Å². The lowest BCUT2D eigenvalue weighted by Gasteiger charge is -2.16. The number of benzene rings is 2. The predicted molar refractivity (Wildman–Crippen MR) is 78.3 cm³/mol. The van der Waals surface area contributed by atoms with Crippen LogP contribution >= 0.6 is 11.6 Å². The van der Waals surface area contributed by atoms with Crippen LogP contribution in [-0.2, 0) is 0 Å². The highest BCUT2D eigenvalue weighted by Gasteiger charge is 2.15. The molecule has 104 valence electrons. The molecule has 0 aliphatic rings. The number of phenolic OH excluding ortho intramolecular Hbond substituents is 1. The molecule has 0 saturated heterocycles. The molecule has 1 unspecified atom stereocenters. The number of aromatic hydroxyl groups is 1. The van der Waals surface area contributed by atoms with Gasteiger partial charge in [-0.25, -0.2) is 0 Å². The summed E-state index contributed by atoms with van der Waals surface area (Å²) in [6.45, 7) is 1.86. The number of nitrogens with zero attached hydrogens (tertiary/aromatic N) is 1. The van der Waals surface area contributed by atoms with Gasteiger partial charge in [0.25, 0.3) is 5.69 Å². The summed E-state index contributed by atoms with van der Waals surface area (Å²) in [6.07, 6.45) is 0. The fourth-order valence-electron chi connectivity index (χ4n) is 1.92. The summed E-state index contributed by atoms with van der Waals surface area (Å²) < 4.78 is 0. The van der Waals surface area contributed by atoms with Gasteiger partial charge in [-0.1, -0.05) is 29.8 Å². The van der Waals surface area contributed by atoms with Crippen molar-refractivity contribution in [2.45, 2.75) is 13.0 Å². The van der Waals surface area contributed by atoms with Gasteiger partial charge in [0.15, 0.2) is 0 Å². The summed E-state index contributed by atoms with van der Waals surface area (Å²) in [5.74, 6) is 0.177. The van der Waals surface area contributed by atoms with Crippen molar-refractivity contribution in [2.75, 3.05) is 5.32 Å². The number of nitrogens with one attached hydrogen (secondary N) is 1. The molecule has 0 bridgehead atoms. The zero-order valence-electron chi connectivity index (χ0n) is 10.7. The van der Waals surface area contributed by atoms with Gasteiger partial charge in [0.1, 0.15) is 10.8 Å². The standard InChI is InChI=1S/C14H13ClN2O3/c1-9(11-4-2-3-5-14(11)18)16-10-6-7-12(15)13(8-10)17(19)20/h2-9,16,18H,1H3. The van der Waals surface area contributed by atoms with E-state index in [1.807, 2.05) is 13.0 Å². The van der Waals surface area contributed by atoms with Crippen molar-refractivity contribution in [3.05, 3.63) is 63.2 Å². The number of rotatable bonds is 4. The monoisotopic (exact) mass is 292 g/mol. The van der Waals surface area contributed by atoms with Crippen LogP contribution in [0.3, 0.4) is 0 Å². The highest BCUT2D eigenvalue weighted by molar-refractivity contribution is 6.32. The van der Waals surface area contributed by atoms with Gasteiger partial charge in [0.05, 0.1) is 11.0 Å². The Hall–Kier alpha value is -2.27. The van der Waals surface area contributed by atoms with Crippen LogP contribution in [0.2, 0.25) is 5.02 Å². The number of hydrogen-bond acceptors (Lipinski definition) is 4. The molecule has 6 heteroatoms. The van der Waals surface area contributed by atoms with E-state index >= 15 is 0 Å². The van der Waals surface area contributed by atoms with E-state index in [1.165, 1.54) is 12.1 Å². The van der Waals surface area contributed by atoms with E-state index in [0.29, 0.717) is 11.3 Å². The highest BCUT2D eigenvalue weighted by atomic mass is 35.5. The maximum atomic E-state index is 10.8. The number of halogens is 1. The van der Waals surface area contributed by atoms with Crippen molar-refractivity contribution in [1.29, 1.82) is 0 Å². The number of hydrogen-bond donors (Lipinski definition) is 2. The third kappa shape index (κ3) is 3.00. The van der Waals surface area contributed by atoms with Crippen LogP contribution in [0.4, 0.5) is 11.4 Å². The van der Waals surface area contributed by atoms with E-state index < -0.39 is 4.92 Å². The minimum atomic E-state index is -0.530. The molecule has 2 rings (SSSR count). The van der Waals surface area contributed by atoms with E-state index in [4.69, 9.17) is 11.6 Å². The largest absolute Gasteiger partial charge is 0.508 e. The molecule has 0 saturated carbocycles. The number of para-hydroxylation sites is 1. The van der Waals surface area contributed by atoms with Crippen LogP contribution in [-0.4, -0.2) is 10.0 Å². The topological polar surface area (TPSA) is 75.4 Å². The van der Waals surface area contributed by atoms with Crippen LogP contribution in [0.1, 0.15) is 18.5 Å². The molecule has 20 heavy (non-hydrogen) atoms. The summed E-state index contributed by atoms with van der Waals surface area (Å²) in [7, 11) is 0. The predicted octanol–water partition coefficient (Wildman–Crippen LogP) is 4.13. The van der Waals surface area contributed by atoms with Crippen molar-refractivity contribution in [1.82, 2.24) is 0 Å². The van der Waals surface area contributed by atoms with E-state index in [-0.39, 0.29) is 22.5 Å². The van der Waals surface area contributed by atoms with Crippen LogP contribution < -0.4 is 5.32 Å². The van der Waals surface area contributed by atoms with E-state index in [9.17, 15) is 15.2 Å². The average Bonchev–Trinajstić information content (AvgIpc) is 2.41. The SMILES string of the molecule is CC(Nc1ccc(Cl)c([N+](=O)[O-])c1)c1ccccc1O. The Kier molecular flexibility index (Phi) is 4.10. The Morgan fingerprint density at radius 3 is 2.65 bits per heavy atom. The molecule has 2 N–H and O–H groups in total. The molecule has 0 amide bonds. The molecule has 0 heterocycles. The molecule has 0 aromatic heterocycles. The first-order chi connectivity index (χ1) is 9.49. The van der Waals surface area contributed by atoms with Crippen LogP contribution in [0, 0.1) is 10.1 Å². The summed E-state index contributed by atoms with van der Waals surface area (Å²) in [5.41, 5.74) is 1.13. The van der Waals surface area contributed by atoms with Gasteiger partial charge in [-0.2, -0.15) is 0 Å². The first-order valence-corrected chi connectivity index (χ1v) is 6.35. The van der Waals surface area contributed by atoms with Crippen LogP contribution in [0.5, 0.6) is 5.75 Å². The first kappa shape index (κ1) is 14.1. The third-order valence-electron chi connectivity index (χ3n) is 2.93. The molecule has 0 spiro atoms. The van der Waals surface area contributed by atoms with Crippen molar-refractivity contribution >= 4 is 23.0 Å². The van der Waals surface area contributed by atoms with Crippen molar-refractivity contribution in [2.24, 2.45) is 0 Å². The Morgan fingerprint density at radius 1 is 1.30 bits per heavy atom. The molecular formula is C14H13ClN2O3.